The molecule has 5 heteroatoms. The smallest absolute Gasteiger partial charge is 0.254 e. The summed E-state index contributed by atoms with van der Waals surface area (Å²) in [6.45, 7) is 5.66. The van der Waals surface area contributed by atoms with E-state index >= 15 is 0 Å². The molecule has 3 rings (SSSR count). The van der Waals surface area contributed by atoms with Crippen molar-refractivity contribution in [1.82, 2.24) is 14.4 Å². The molecule has 31 heavy (non-hydrogen) atoms. The predicted octanol–water partition coefficient (Wildman–Crippen LogP) is 4.80. The second kappa shape index (κ2) is 11.2. The van der Waals surface area contributed by atoms with Crippen molar-refractivity contribution in [3.8, 4) is 0 Å². The molecule has 1 heterocycles. The summed E-state index contributed by atoms with van der Waals surface area (Å²) in [5.41, 5.74) is 3.05. The summed E-state index contributed by atoms with van der Waals surface area (Å²) in [4.78, 5) is 30.2. The highest BCUT2D eigenvalue weighted by atomic mass is 16.2. The molecule has 0 bridgehead atoms. The van der Waals surface area contributed by atoms with Crippen molar-refractivity contribution in [1.29, 1.82) is 0 Å². The van der Waals surface area contributed by atoms with Crippen molar-refractivity contribution in [2.45, 2.75) is 71.4 Å². The van der Waals surface area contributed by atoms with Crippen molar-refractivity contribution in [3.63, 3.8) is 0 Å². The van der Waals surface area contributed by atoms with Gasteiger partial charge in [0.15, 0.2) is 0 Å². The van der Waals surface area contributed by atoms with Gasteiger partial charge in [-0.25, -0.2) is 0 Å². The Morgan fingerprint density at radius 1 is 1.03 bits per heavy atom. The van der Waals surface area contributed by atoms with Crippen LogP contribution in [0.5, 0.6) is 0 Å². The quantitative estimate of drug-likeness (QED) is 0.492. The van der Waals surface area contributed by atoms with Gasteiger partial charge in [-0.1, -0.05) is 38.8 Å². The van der Waals surface area contributed by atoms with Crippen LogP contribution in [-0.2, 0) is 24.8 Å². The molecule has 0 atom stereocenters. The number of carbonyl (C=O) groups is 2. The Morgan fingerprint density at radius 3 is 2.32 bits per heavy atom. The maximum absolute atomic E-state index is 13.3. The number of rotatable bonds is 12. The number of aryl methyl sites for hydroxylation is 2. The van der Waals surface area contributed by atoms with Gasteiger partial charge >= 0.3 is 0 Å². The number of carbonyl (C=O) groups excluding carboxylic acids is 2. The van der Waals surface area contributed by atoms with Crippen molar-refractivity contribution < 1.29 is 9.59 Å². The van der Waals surface area contributed by atoms with Crippen LogP contribution in [0.1, 0.15) is 74.0 Å². The van der Waals surface area contributed by atoms with Crippen LogP contribution < -0.4 is 0 Å². The molecule has 0 unspecified atom stereocenters. The maximum atomic E-state index is 13.3. The molecule has 1 fully saturated rings. The summed E-state index contributed by atoms with van der Waals surface area (Å²) in [7, 11) is 2.01. The first-order valence-electron chi connectivity index (χ1n) is 11.8. The largest absolute Gasteiger partial charge is 0.353 e. The molecular weight excluding hydrogens is 386 g/mol. The first kappa shape index (κ1) is 23.1. The van der Waals surface area contributed by atoms with E-state index in [1.54, 1.807) is 4.90 Å². The average molecular weight is 424 g/mol. The van der Waals surface area contributed by atoms with Crippen molar-refractivity contribution in [2.24, 2.45) is 7.05 Å². The van der Waals surface area contributed by atoms with Gasteiger partial charge in [-0.05, 0) is 61.9 Å². The van der Waals surface area contributed by atoms with Crippen LogP contribution in [-0.4, -0.2) is 45.3 Å². The molecule has 0 spiro atoms. The summed E-state index contributed by atoms with van der Waals surface area (Å²) in [5.74, 6) is 0.00572. The van der Waals surface area contributed by atoms with Crippen LogP contribution in [0.4, 0.5) is 0 Å². The topological polar surface area (TPSA) is 45.6 Å². The third kappa shape index (κ3) is 6.46. The number of unbranched alkanes of at least 4 members (excludes halogenated alkanes) is 2. The molecule has 168 valence electrons. The first-order chi connectivity index (χ1) is 15.0. The fraction of sp³-hybridized carbons (Fsp3) is 0.538. The van der Waals surface area contributed by atoms with E-state index in [1.807, 2.05) is 36.3 Å². The van der Waals surface area contributed by atoms with Crippen LogP contribution in [0.15, 0.2) is 42.6 Å². The van der Waals surface area contributed by atoms with Gasteiger partial charge in [0.25, 0.3) is 5.91 Å². The van der Waals surface area contributed by atoms with E-state index in [-0.39, 0.29) is 18.4 Å². The lowest BCUT2D eigenvalue weighted by Gasteiger charge is -2.28. The summed E-state index contributed by atoms with van der Waals surface area (Å²) < 4.78 is 2.06. The highest BCUT2D eigenvalue weighted by Gasteiger charge is 2.34. The molecule has 1 aliphatic carbocycles. The zero-order chi connectivity index (χ0) is 22.2. The van der Waals surface area contributed by atoms with Crippen molar-refractivity contribution >= 4 is 11.8 Å². The lowest BCUT2D eigenvalue weighted by atomic mass is 10.1. The normalized spacial score (nSPS) is 13.3. The summed E-state index contributed by atoms with van der Waals surface area (Å²) in [5, 5.41) is 0. The number of nitrogens with zero attached hydrogens (tertiary/aromatic N) is 3. The van der Waals surface area contributed by atoms with Gasteiger partial charge in [-0.3, -0.25) is 9.59 Å². The van der Waals surface area contributed by atoms with E-state index in [9.17, 15) is 9.59 Å². The number of aromatic nitrogens is 1. The fourth-order valence-corrected chi connectivity index (χ4v) is 3.88. The number of hydrogen-bond acceptors (Lipinski definition) is 2. The van der Waals surface area contributed by atoms with Crippen LogP contribution in [0, 0.1) is 0 Å². The molecule has 1 aliphatic rings. The fourth-order valence-electron chi connectivity index (χ4n) is 3.88. The minimum Gasteiger partial charge on any atom is -0.353 e. The standard InChI is InChI=1S/C26H37N3O2/c1-4-6-9-21-11-13-22(14-12-21)26(31)28(18-7-5-2)20-25(30)29(23-15-16-23)19-24-10-8-17-27(24)3/h8,10-14,17,23H,4-7,9,15-16,18-20H2,1-3H3. The van der Waals surface area contributed by atoms with E-state index in [0.717, 1.165) is 50.6 Å². The first-order valence-corrected chi connectivity index (χ1v) is 11.8. The van der Waals surface area contributed by atoms with Gasteiger partial charge < -0.3 is 14.4 Å². The third-order valence-electron chi connectivity index (χ3n) is 6.11. The van der Waals surface area contributed by atoms with Gasteiger partial charge in [0.1, 0.15) is 6.54 Å². The Labute approximate surface area is 187 Å². The van der Waals surface area contributed by atoms with E-state index in [2.05, 4.69) is 36.6 Å². The van der Waals surface area contributed by atoms with Gasteiger partial charge in [0.2, 0.25) is 5.91 Å². The lowest BCUT2D eigenvalue weighted by Crippen LogP contribution is -2.44. The van der Waals surface area contributed by atoms with Gasteiger partial charge in [0.05, 0.1) is 6.54 Å². The SMILES string of the molecule is CCCCc1ccc(C(=O)N(CCCC)CC(=O)N(Cc2cccn2C)C2CC2)cc1. The number of hydrogen-bond donors (Lipinski definition) is 0. The van der Waals surface area contributed by atoms with E-state index < -0.39 is 0 Å². The Balaban J connectivity index is 1.69. The molecule has 1 saturated carbocycles. The zero-order valence-corrected chi connectivity index (χ0v) is 19.3. The Morgan fingerprint density at radius 2 is 1.74 bits per heavy atom. The molecule has 1 aromatic heterocycles. The highest BCUT2D eigenvalue weighted by molar-refractivity contribution is 5.96. The average Bonchev–Trinajstić information content (AvgIpc) is 3.54. The molecule has 0 saturated heterocycles. The molecule has 2 amide bonds. The van der Waals surface area contributed by atoms with Gasteiger partial charge in [-0.2, -0.15) is 0 Å². The van der Waals surface area contributed by atoms with E-state index in [1.165, 1.54) is 5.56 Å². The third-order valence-corrected chi connectivity index (χ3v) is 6.11. The molecule has 0 radical (unpaired) electrons. The highest BCUT2D eigenvalue weighted by Crippen LogP contribution is 2.28. The van der Waals surface area contributed by atoms with Crippen LogP contribution in [0.2, 0.25) is 0 Å². The van der Waals surface area contributed by atoms with Crippen molar-refractivity contribution in [2.75, 3.05) is 13.1 Å². The van der Waals surface area contributed by atoms with Gasteiger partial charge in [-0.15, -0.1) is 0 Å². The van der Waals surface area contributed by atoms with Crippen LogP contribution in [0.25, 0.3) is 0 Å². The number of benzene rings is 1. The maximum Gasteiger partial charge on any atom is 0.254 e. The van der Waals surface area contributed by atoms with E-state index in [0.29, 0.717) is 24.7 Å². The molecule has 2 aromatic rings. The second-order valence-electron chi connectivity index (χ2n) is 8.74. The molecule has 5 nitrogen and oxygen atoms in total. The molecule has 0 N–H and O–H groups in total. The Kier molecular flexibility index (Phi) is 8.33. The van der Waals surface area contributed by atoms with Gasteiger partial charge in [0, 0.05) is 37.1 Å². The lowest BCUT2D eigenvalue weighted by molar-refractivity contribution is -0.133. The van der Waals surface area contributed by atoms with Crippen LogP contribution in [0.3, 0.4) is 0 Å². The minimum atomic E-state index is -0.0431. The summed E-state index contributed by atoms with van der Waals surface area (Å²) in [6.07, 6.45) is 9.36. The Hall–Kier alpha value is -2.56. The monoisotopic (exact) mass is 423 g/mol. The molecule has 0 aliphatic heterocycles. The van der Waals surface area contributed by atoms with Crippen LogP contribution >= 0.6 is 0 Å². The predicted molar refractivity (Wildman–Crippen MR) is 125 cm³/mol. The Bertz CT molecular complexity index is 852. The van der Waals surface area contributed by atoms with E-state index in [4.69, 9.17) is 0 Å². The van der Waals surface area contributed by atoms with Crippen molar-refractivity contribution in [3.05, 3.63) is 59.4 Å². The molecular formula is C26H37N3O2. The summed E-state index contributed by atoms with van der Waals surface area (Å²) in [6, 6.07) is 12.3. The molecule has 1 aromatic carbocycles. The summed E-state index contributed by atoms with van der Waals surface area (Å²) >= 11 is 0. The second-order valence-corrected chi connectivity index (χ2v) is 8.74. The zero-order valence-electron chi connectivity index (χ0n) is 19.3. The number of amides is 2. The minimum absolute atomic E-state index is 0.0431.